The first kappa shape index (κ1) is 15.0. The third-order valence-electron chi connectivity index (χ3n) is 4.53. The molecule has 20 heavy (non-hydrogen) atoms. The second-order valence-corrected chi connectivity index (χ2v) is 6.53. The molecule has 3 atom stereocenters. The number of rotatable bonds is 4. The van der Waals surface area contributed by atoms with Gasteiger partial charge in [0.2, 0.25) is 5.91 Å². The average molecular weight is 278 g/mol. The van der Waals surface area contributed by atoms with E-state index in [0.29, 0.717) is 5.92 Å². The van der Waals surface area contributed by atoms with Gasteiger partial charge in [0.1, 0.15) is 5.82 Å². The summed E-state index contributed by atoms with van der Waals surface area (Å²) in [5.74, 6) is -0.0302. The maximum atomic E-state index is 13.1. The summed E-state index contributed by atoms with van der Waals surface area (Å²) in [6.45, 7) is 3.75. The first-order valence-electron chi connectivity index (χ1n) is 7.12. The Morgan fingerprint density at radius 2 is 1.90 bits per heavy atom. The molecular formula is C16H23FN2O. The number of hydrogen-bond donors (Lipinski definition) is 2. The number of hydrogen-bond acceptors (Lipinski definition) is 2. The van der Waals surface area contributed by atoms with Crippen molar-refractivity contribution in [3.05, 3.63) is 35.6 Å². The van der Waals surface area contributed by atoms with Crippen molar-refractivity contribution in [3.8, 4) is 0 Å². The number of carbonyl (C=O) groups is 1. The number of nitrogens with two attached hydrogens (primary N) is 2. The minimum absolute atomic E-state index is 0.0640. The molecule has 0 bridgehead atoms. The van der Waals surface area contributed by atoms with Gasteiger partial charge in [-0.05, 0) is 42.9 Å². The van der Waals surface area contributed by atoms with E-state index in [-0.39, 0.29) is 23.7 Å². The van der Waals surface area contributed by atoms with Crippen LogP contribution in [0.25, 0.3) is 0 Å². The van der Waals surface area contributed by atoms with Gasteiger partial charge in [-0.3, -0.25) is 4.79 Å². The molecule has 4 N–H and O–H groups in total. The zero-order valence-corrected chi connectivity index (χ0v) is 12.1. The Labute approximate surface area is 119 Å². The van der Waals surface area contributed by atoms with Gasteiger partial charge in [0.05, 0.1) is 0 Å². The minimum Gasteiger partial charge on any atom is -0.369 e. The molecule has 1 saturated carbocycles. The number of primary amides is 1. The van der Waals surface area contributed by atoms with Gasteiger partial charge in [-0.25, -0.2) is 4.39 Å². The molecule has 1 fully saturated rings. The van der Waals surface area contributed by atoms with Crippen LogP contribution in [0.5, 0.6) is 0 Å². The zero-order chi connectivity index (χ0) is 14.9. The summed E-state index contributed by atoms with van der Waals surface area (Å²) in [7, 11) is 0. The summed E-state index contributed by atoms with van der Waals surface area (Å²) in [4.78, 5) is 11.5. The predicted octanol–water partition coefficient (Wildman–Crippen LogP) is 2.55. The summed E-state index contributed by atoms with van der Waals surface area (Å²) < 4.78 is 13.1. The van der Waals surface area contributed by atoms with Crippen molar-refractivity contribution in [3.63, 3.8) is 0 Å². The lowest BCUT2D eigenvalue weighted by atomic mass is 9.75. The Bertz CT molecular complexity index is 484. The molecule has 1 aromatic carbocycles. The van der Waals surface area contributed by atoms with E-state index in [4.69, 9.17) is 11.5 Å². The van der Waals surface area contributed by atoms with Gasteiger partial charge in [-0.1, -0.05) is 26.0 Å². The smallest absolute Gasteiger partial charge is 0.223 e. The average Bonchev–Trinajstić information content (AvgIpc) is 2.71. The second kappa shape index (κ2) is 5.52. The molecule has 0 radical (unpaired) electrons. The summed E-state index contributed by atoms with van der Waals surface area (Å²) in [5, 5.41) is 0. The highest BCUT2D eigenvalue weighted by molar-refractivity contribution is 5.79. The molecule has 1 amide bonds. The molecule has 1 aliphatic carbocycles. The SMILES string of the molecule is CC(C)(CC1CCC(N)C1c1ccc(F)cc1)C(N)=O. The van der Waals surface area contributed by atoms with E-state index in [1.54, 1.807) is 12.1 Å². The molecule has 3 nitrogen and oxygen atoms in total. The van der Waals surface area contributed by atoms with E-state index in [1.165, 1.54) is 12.1 Å². The Balaban J connectivity index is 2.21. The number of benzene rings is 1. The normalized spacial score (nSPS) is 26.7. The van der Waals surface area contributed by atoms with E-state index < -0.39 is 5.41 Å². The van der Waals surface area contributed by atoms with Crippen molar-refractivity contribution >= 4 is 5.91 Å². The van der Waals surface area contributed by atoms with Crippen molar-refractivity contribution in [2.75, 3.05) is 0 Å². The van der Waals surface area contributed by atoms with Crippen LogP contribution in [0.1, 0.15) is 44.6 Å². The molecule has 0 aromatic heterocycles. The third-order valence-corrected chi connectivity index (χ3v) is 4.53. The van der Waals surface area contributed by atoms with Crippen LogP contribution in [0.3, 0.4) is 0 Å². The lowest BCUT2D eigenvalue weighted by molar-refractivity contribution is -0.126. The Morgan fingerprint density at radius 3 is 2.45 bits per heavy atom. The number of amides is 1. The van der Waals surface area contributed by atoms with Crippen molar-refractivity contribution in [1.82, 2.24) is 0 Å². The summed E-state index contributed by atoms with van der Waals surface area (Å²) in [6.07, 6.45) is 2.64. The molecule has 4 heteroatoms. The van der Waals surface area contributed by atoms with Gasteiger partial charge in [-0.15, -0.1) is 0 Å². The van der Waals surface area contributed by atoms with Crippen molar-refractivity contribution in [2.45, 2.75) is 45.1 Å². The van der Waals surface area contributed by atoms with Crippen LogP contribution in [-0.2, 0) is 4.79 Å². The monoisotopic (exact) mass is 278 g/mol. The molecule has 1 aliphatic rings. The molecule has 2 rings (SSSR count). The highest BCUT2D eigenvalue weighted by Gasteiger charge is 2.39. The standard InChI is InChI=1S/C16H23FN2O/c1-16(2,15(19)20)9-11-5-8-13(18)14(11)10-3-6-12(17)7-4-10/h3-4,6-7,11,13-14H,5,8-9,18H2,1-2H3,(H2,19,20). The summed E-state index contributed by atoms with van der Waals surface area (Å²) in [6, 6.07) is 6.60. The molecule has 0 heterocycles. The fourth-order valence-electron chi connectivity index (χ4n) is 3.30. The molecular weight excluding hydrogens is 255 g/mol. The predicted molar refractivity (Wildman–Crippen MR) is 77.4 cm³/mol. The summed E-state index contributed by atoms with van der Waals surface area (Å²) in [5.41, 5.74) is 12.2. The minimum atomic E-state index is -0.535. The van der Waals surface area contributed by atoms with Crippen LogP contribution >= 0.6 is 0 Å². The van der Waals surface area contributed by atoms with E-state index in [9.17, 15) is 9.18 Å². The van der Waals surface area contributed by atoms with E-state index in [2.05, 4.69) is 0 Å². The van der Waals surface area contributed by atoms with Crippen LogP contribution in [0.4, 0.5) is 4.39 Å². The van der Waals surface area contributed by atoms with Crippen molar-refractivity contribution in [1.29, 1.82) is 0 Å². The third kappa shape index (κ3) is 3.01. The summed E-state index contributed by atoms with van der Waals surface area (Å²) >= 11 is 0. The fourth-order valence-corrected chi connectivity index (χ4v) is 3.30. The first-order valence-corrected chi connectivity index (χ1v) is 7.12. The van der Waals surface area contributed by atoms with Crippen LogP contribution in [0.15, 0.2) is 24.3 Å². The Kier molecular flexibility index (Phi) is 4.14. The van der Waals surface area contributed by atoms with Gasteiger partial charge in [0.25, 0.3) is 0 Å². The van der Waals surface area contributed by atoms with Gasteiger partial charge in [0.15, 0.2) is 0 Å². The van der Waals surface area contributed by atoms with E-state index >= 15 is 0 Å². The van der Waals surface area contributed by atoms with Crippen LogP contribution < -0.4 is 11.5 Å². The van der Waals surface area contributed by atoms with Gasteiger partial charge < -0.3 is 11.5 Å². The molecule has 0 aliphatic heterocycles. The maximum Gasteiger partial charge on any atom is 0.223 e. The van der Waals surface area contributed by atoms with E-state index in [1.807, 2.05) is 13.8 Å². The second-order valence-electron chi connectivity index (χ2n) is 6.53. The Hall–Kier alpha value is -1.42. The van der Waals surface area contributed by atoms with Gasteiger partial charge in [-0.2, -0.15) is 0 Å². The van der Waals surface area contributed by atoms with Crippen molar-refractivity contribution in [2.24, 2.45) is 22.8 Å². The topological polar surface area (TPSA) is 69.1 Å². The van der Waals surface area contributed by atoms with Gasteiger partial charge in [0, 0.05) is 17.4 Å². The quantitative estimate of drug-likeness (QED) is 0.888. The largest absolute Gasteiger partial charge is 0.369 e. The van der Waals surface area contributed by atoms with E-state index in [0.717, 1.165) is 24.8 Å². The highest BCUT2D eigenvalue weighted by Crippen LogP contribution is 2.44. The molecule has 110 valence electrons. The Morgan fingerprint density at radius 1 is 1.30 bits per heavy atom. The molecule has 3 unspecified atom stereocenters. The van der Waals surface area contributed by atoms with Gasteiger partial charge >= 0.3 is 0 Å². The number of halogens is 1. The first-order chi connectivity index (χ1) is 9.31. The maximum absolute atomic E-state index is 13.1. The van der Waals surface area contributed by atoms with Crippen LogP contribution in [0.2, 0.25) is 0 Å². The van der Waals surface area contributed by atoms with Crippen LogP contribution in [-0.4, -0.2) is 11.9 Å². The lowest BCUT2D eigenvalue weighted by Gasteiger charge is -2.29. The molecule has 0 saturated heterocycles. The fraction of sp³-hybridized carbons (Fsp3) is 0.562. The molecule has 0 spiro atoms. The highest BCUT2D eigenvalue weighted by atomic mass is 19.1. The van der Waals surface area contributed by atoms with Crippen LogP contribution in [0, 0.1) is 17.2 Å². The zero-order valence-electron chi connectivity index (χ0n) is 12.1. The van der Waals surface area contributed by atoms with Crippen molar-refractivity contribution < 1.29 is 9.18 Å². The number of carbonyl (C=O) groups excluding carboxylic acids is 1. The lowest BCUT2D eigenvalue weighted by Crippen LogP contribution is -2.35. The molecule has 1 aromatic rings.